The summed E-state index contributed by atoms with van der Waals surface area (Å²) in [7, 11) is 0. The van der Waals surface area contributed by atoms with Crippen LogP contribution in [0.25, 0.3) is 0 Å². The molecule has 1 amide bonds. The minimum Gasteiger partial charge on any atom is -0.494 e. The second-order valence-corrected chi connectivity index (χ2v) is 5.62. The van der Waals surface area contributed by atoms with E-state index in [1.54, 1.807) is 24.3 Å². The second kappa shape index (κ2) is 9.16. The summed E-state index contributed by atoms with van der Waals surface area (Å²) in [5, 5.41) is 2.92. The van der Waals surface area contributed by atoms with E-state index in [1.807, 2.05) is 6.92 Å². The van der Waals surface area contributed by atoms with E-state index in [0.29, 0.717) is 18.6 Å². The maximum Gasteiger partial charge on any atom is 0.251 e. The highest BCUT2D eigenvalue weighted by atomic mass is 35.5. The van der Waals surface area contributed by atoms with Gasteiger partial charge in [0.1, 0.15) is 5.75 Å². The van der Waals surface area contributed by atoms with Crippen molar-refractivity contribution in [3.8, 4) is 5.75 Å². The lowest BCUT2D eigenvalue weighted by molar-refractivity contribution is 0.0913. The first kappa shape index (κ1) is 18.1. The Hall–Kier alpha value is -0.930. The average Bonchev–Trinajstić information content (AvgIpc) is 2.53. The van der Waals surface area contributed by atoms with Gasteiger partial charge in [-0.15, -0.1) is 23.2 Å². The van der Waals surface area contributed by atoms with E-state index in [2.05, 4.69) is 12.2 Å². The van der Waals surface area contributed by atoms with Gasteiger partial charge < -0.3 is 10.1 Å². The lowest BCUT2D eigenvalue weighted by Crippen LogP contribution is -2.51. The number of nitrogens with one attached hydrogen (secondary N) is 1. The highest BCUT2D eigenvalue weighted by Crippen LogP contribution is 2.17. The van der Waals surface area contributed by atoms with Crippen molar-refractivity contribution in [3.63, 3.8) is 0 Å². The highest BCUT2D eigenvalue weighted by molar-refractivity contribution is 6.22. The predicted octanol–water partition coefficient (Wildman–Crippen LogP) is 4.22. The summed E-state index contributed by atoms with van der Waals surface area (Å²) in [6, 6.07) is 7.11. The molecule has 0 saturated heterocycles. The molecule has 1 aromatic rings. The Morgan fingerprint density at radius 2 is 1.81 bits per heavy atom. The van der Waals surface area contributed by atoms with Crippen LogP contribution in [0.2, 0.25) is 0 Å². The number of ether oxygens (including phenoxy) is 1. The van der Waals surface area contributed by atoms with Crippen molar-refractivity contribution in [1.29, 1.82) is 0 Å². The van der Waals surface area contributed by atoms with Gasteiger partial charge in [-0.3, -0.25) is 4.79 Å². The van der Waals surface area contributed by atoms with Crippen molar-refractivity contribution >= 4 is 29.1 Å². The summed E-state index contributed by atoms with van der Waals surface area (Å²) in [5.41, 5.74) is 0.0159. The van der Waals surface area contributed by atoms with Gasteiger partial charge in [0.2, 0.25) is 0 Å². The number of rotatable bonds is 9. The quantitative estimate of drug-likeness (QED) is 0.543. The van der Waals surface area contributed by atoms with E-state index in [4.69, 9.17) is 27.9 Å². The lowest BCUT2D eigenvalue weighted by atomic mass is 10.0. The minimum atomic E-state index is -0.559. The largest absolute Gasteiger partial charge is 0.494 e. The van der Waals surface area contributed by atoms with Crippen molar-refractivity contribution in [2.45, 2.75) is 38.6 Å². The molecular weight excluding hydrogens is 309 g/mol. The van der Waals surface area contributed by atoms with Crippen LogP contribution in [-0.4, -0.2) is 29.8 Å². The zero-order valence-corrected chi connectivity index (χ0v) is 14.1. The molecule has 1 rings (SSSR count). The molecule has 21 heavy (non-hydrogen) atoms. The van der Waals surface area contributed by atoms with Crippen LogP contribution < -0.4 is 10.1 Å². The molecule has 3 nitrogen and oxygen atoms in total. The number of benzene rings is 1. The Kier molecular flexibility index (Phi) is 7.91. The Bertz CT molecular complexity index is 422. The molecule has 0 bridgehead atoms. The SMILES string of the molecule is CCCCOc1ccc(C(=O)NC(CC)(CCl)CCl)cc1. The molecule has 0 aliphatic heterocycles. The van der Waals surface area contributed by atoms with E-state index >= 15 is 0 Å². The summed E-state index contributed by atoms with van der Waals surface area (Å²) in [4.78, 5) is 12.2. The van der Waals surface area contributed by atoms with Gasteiger partial charge >= 0.3 is 0 Å². The molecule has 0 saturated carbocycles. The van der Waals surface area contributed by atoms with Crippen molar-refractivity contribution in [1.82, 2.24) is 5.32 Å². The van der Waals surface area contributed by atoms with Gasteiger partial charge in [0.25, 0.3) is 5.91 Å². The first-order valence-corrected chi connectivity index (χ1v) is 8.35. The Labute approximate surface area is 137 Å². The fraction of sp³-hybridized carbons (Fsp3) is 0.562. The predicted molar refractivity (Wildman–Crippen MR) is 88.8 cm³/mol. The molecule has 0 aliphatic carbocycles. The number of halogens is 2. The second-order valence-electron chi connectivity index (χ2n) is 5.08. The van der Waals surface area contributed by atoms with Crippen molar-refractivity contribution < 1.29 is 9.53 Å². The molecule has 0 radical (unpaired) electrons. The number of hydrogen-bond acceptors (Lipinski definition) is 2. The fourth-order valence-corrected chi connectivity index (χ4v) is 2.53. The topological polar surface area (TPSA) is 38.3 Å². The van der Waals surface area contributed by atoms with Crippen LogP contribution in [0.4, 0.5) is 0 Å². The summed E-state index contributed by atoms with van der Waals surface area (Å²) < 4.78 is 5.57. The zero-order valence-electron chi connectivity index (χ0n) is 12.6. The molecule has 0 fully saturated rings. The number of carbonyl (C=O) groups is 1. The Balaban J connectivity index is 2.66. The average molecular weight is 332 g/mol. The molecule has 0 atom stereocenters. The van der Waals surface area contributed by atoms with Gasteiger partial charge in [0.15, 0.2) is 0 Å². The van der Waals surface area contributed by atoms with Crippen LogP contribution in [0.1, 0.15) is 43.5 Å². The normalized spacial score (nSPS) is 11.2. The van der Waals surface area contributed by atoms with Gasteiger partial charge in [0.05, 0.1) is 12.1 Å². The first-order chi connectivity index (χ1) is 10.1. The van der Waals surface area contributed by atoms with Crippen LogP contribution in [0.3, 0.4) is 0 Å². The van der Waals surface area contributed by atoms with Gasteiger partial charge in [-0.25, -0.2) is 0 Å². The Morgan fingerprint density at radius 1 is 1.19 bits per heavy atom. The van der Waals surface area contributed by atoms with Crippen molar-refractivity contribution in [2.24, 2.45) is 0 Å². The molecule has 0 heterocycles. The van der Waals surface area contributed by atoms with Gasteiger partial charge in [-0.1, -0.05) is 20.3 Å². The van der Waals surface area contributed by atoms with Crippen LogP contribution in [0.5, 0.6) is 5.75 Å². The third kappa shape index (κ3) is 5.40. The molecule has 0 unspecified atom stereocenters. The monoisotopic (exact) mass is 331 g/mol. The van der Waals surface area contributed by atoms with E-state index < -0.39 is 5.54 Å². The third-order valence-corrected chi connectivity index (χ3v) is 4.47. The lowest BCUT2D eigenvalue weighted by Gasteiger charge is -2.29. The van der Waals surface area contributed by atoms with Crippen LogP contribution >= 0.6 is 23.2 Å². The molecule has 118 valence electrons. The summed E-state index contributed by atoms with van der Waals surface area (Å²) in [5.74, 6) is 1.18. The van der Waals surface area contributed by atoms with E-state index in [-0.39, 0.29) is 17.7 Å². The molecule has 0 spiro atoms. The molecule has 0 aromatic heterocycles. The van der Waals surface area contributed by atoms with E-state index in [0.717, 1.165) is 18.6 Å². The van der Waals surface area contributed by atoms with Crippen LogP contribution in [0, 0.1) is 0 Å². The molecule has 1 aromatic carbocycles. The Morgan fingerprint density at radius 3 is 2.29 bits per heavy atom. The first-order valence-electron chi connectivity index (χ1n) is 7.28. The van der Waals surface area contributed by atoms with Crippen LogP contribution in [0.15, 0.2) is 24.3 Å². The van der Waals surface area contributed by atoms with E-state index in [1.165, 1.54) is 0 Å². The van der Waals surface area contributed by atoms with Crippen LogP contribution in [-0.2, 0) is 0 Å². The molecule has 5 heteroatoms. The smallest absolute Gasteiger partial charge is 0.251 e. The number of amides is 1. The van der Waals surface area contributed by atoms with Crippen molar-refractivity contribution in [3.05, 3.63) is 29.8 Å². The zero-order chi connectivity index (χ0) is 15.7. The van der Waals surface area contributed by atoms with Crippen molar-refractivity contribution in [2.75, 3.05) is 18.4 Å². The minimum absolute atomic E-state index is 0.168. The molecule has 1 N–H and O–H groups in total. The van der Waals surface area contributed by atoms with Gasteiger partial charge in [-0.2, -0.15) is 0 Å². The number of hydrogen-bond donors (Lipinski definition) is 1. The summed E-state index contributed by atoms with van der Waals surface area (Å²) in [6.45, 7) is 4.76. The number of carbonyl (C=O) groups excluding carboxylic acids is 1. The number of unbranched alkanes of at least 4 members (excludes halogenated alkanes) is 1. The third-order valence-electron chi connectivity index (χ3n) is 3.45. The maximum atomic E-state index is 12.2. The molecule has 0 aliphatic rings. The number of alkyl halides is 2. The highest BCUT2D eigenvalue weighted by Gasteiger charge is 2.28. The molecular formula is C16H23Cl2NO2. The summed E-state index contributed by atoms with van der Waals surface area (Å²) in [6.07, 6.45) is 2.80. The standard InChI is InChI=1S/C16H23Cl2NO2/c1-3-5-10-21-14-8-6-13(7-9-14)15(20)19-16(4-2,11-17)12-18/h6-9H,3-5,10-12H2,1-2H3,(H,19,20). The van der Waals surface area contributed by atoms with Gasteiger partial charge in [-0.05, 0) is 37.1 Å². The van der Waals surface area contributed by atoms with Gasteiger partial charge in [0, 0.05) is 17.3 Å². The summed E-state index contributed by atoms with van der Waals surface area (Å²) >= 11 is 11.9. The maximum absolute atomic E-state index is 12.2. The fourth-order valence-electron chi connectivity index (χ4n) is 1.73. The van der Waals surface area contributed by atoms with E-state index in [9.17, 15) is 4.79 Å².